The van der Waals surface area contributed by atoms with Gasteiger partial charge in [0.15, 0.2) is 0 Å². The lowest BCUT2D eigenvalue weighted by atomic mass is 10.2. The number of unbranched alkanes of at least 4 members (excludes halogenated alkanes) is 2. The number of esters is 2. The van der Waals surface area contributed by atoms with E-state index in [-0.39, 0.29) is 12.2 Å². The first-order valence-corrected chi connectivity index (χ1v) is 11.6. The van der Waals surface area contributed by atoms with Crippen molar-refractivity contribution in [2.45, 2.75) is 52.5 Å². The first kappa shape index (κ1) is 23.7. The summed E-state index contributed by atoms with van der Waals surface area (Å²) in [6.07, 6.45) is 4.75. The molecule has 1 atom stereocenters. The minimum atomic E-state index is -0.804. The van der Waals surface area contributed by atoms with Crippen molar-refractivity contribution >= 4 is 33.5 Å². The van der Waals surface area contributed by atoms with E-state index in [9.17, 15) is 14.4 Å². The first-order chi connectivity index (χ1) is 15.4. The molecule has 0 fully saturated rings. The summed E-state index contributed by atoms with van der Waals surface area (Å²) >= 11 is 1.13. The predicted octanol–water partition coefficient (Wildman–Crippen LogP) is 4.46. The Morgan fingerprint density at radius 2 is 1.88 bits per heavy atom. The van der Waals surface area contributed by atoms with Crippen LogP contribution in [0.3, 0.4) is 0 Å². The van der Waals surface area contributed by atoms with Crippen molar-refractivity contribution in [2.24, 2.45) is 0 Å². The van der Waals surface area contributed by atoms with E-state index in [1.54, 1.807) is 13.8 Å². The quantitative estimate of drug-likeness (QED) is 0.331. The van der Waals surface area contributed by atoms with Gasteiger partial charge in [0.25, 0.3) is 5.56 Å². The van der Waals surface area contributed by atoms with E-state index < -0.39 is 18.0 Å². The van der Waals surface area contributed by atoms with Crippen molar-refractivity contribution in [3.63, 3.8) is 0 Å². The van der Waals surface area contributed by atoms with Crippen LogP contribution in [0.15, 0.2) is 41.5 Å². The van der Waals surface area contributed by atoms with Crippen LogP contribution in [0.1, 0.15) is 60.0 Å². The molecule has 32 heavy (non-hydrogen) atoms. The van der Waals surface area contributed by atoms with Crippen molar-refractivity contribution < 1.29 is 19.1 Å². The number of hydrogen-bond acceptors (Lipinski definition) is 7. The van der Waals surface area contributed by atoms with Crippen LogP contribution in [0.4, 0.5) is 0 Å². The van der Waals surface area contributed by atoms with Crippen molar-refractivity contribution in [3.8, 4) is 0 Å². The minimum Gasteiger partial charge on any atom is -0.464 e. The van der Waals surface area contributed by atoms with Gasteiger partial charge in [-0.15, -0.1) is 11.3 Å². The molecule has 0 bridgehead atoms. The highest BCUT2D eigenvalue weighted by molar-refractivity contribution is 7.20. The van der Waals surface area contributed by atoms with E-state index in [0.717, 1.165) is 36.2 Å². The highest BCUT2D eigenvalue weighted by Gasteiger charge is 2.24. The van der Waals surface area contributed by atoms with E-state index in [2.05, 4.69) is 11.9 Å². The molecule has 2 aromatic heterocycles. The topological polar surface area (TPSA) is 87.5 Å². The van der Waals surface area contributed by atoms with Gasteiger partial charge in [0, 0.05) is 6.42 Å². The number of fused-ring (bicyclic) bond motifs is 1. The second-order valence-electron chi connectivity index (χ2n) is 7.62. The lowest BCUT2D eigenvalue weighted by Gasteiger charge is -2.14. The third kappa shape index (κ3) is 5.43. The highest BCUT2D eigenvalue weighted by atomic mass is 32.1. The molecule has 0 spiro atoms. The molecule has 170 valence electrons. The predicted molar refractivity (Wildman–Crippen MR) is 124 cm³/mol. The maximum Gasteiger partial charge on any atom is 0.348 e. The van der Waals surface area contributed by atoms with E-state index in [1.165, 1.54) is 10.9 Å². The smallest absolute Gasteiger partial charge is 0.348 e. The summed E-state index contributed by atoms with van der Waals surface area (Å²) in [6.45, 7) is 5.96. The van der Waals surface area contributed by atoms with E-state index >= 15 is 0 Å². The van der Waals surface area contributed by atoms with Crippen LogP contribution in [0.25, 0.3) is 10.2 Å². The highest BCUT2D eigenvalue weighted by Crippen LogP contribution is 2.28. The Morgan fingerprint density at radius 3 is 2.59 bits per heavy atom. The molecule has 0 amide bonds. The molecule has 7 nitrogen and oxygen atoms in total. The number of benzene rings is 1. The number of aryl methyl sites for hydroxylation is 1. The second-order valence-corrected chi connectivity index (χ2v) is 8.61. The Balaban J connectivity index is 1.73. The summed E-state index contributed by atoms with van der Waals surface area (Å²) in [5, 5.41) is 0.332. The Kier molecular flexibility index (Phi) is 8.16. The third-order valence-electron chi connectivity index (χ3n) is 5.28. The summed E-state index contributed by atoms with van der Waals surface area (Å²) in [5.41, 5.74) is 1.23. The molecule has 1 aromatic carbocycles. The van der Waals surface area contributed by atoms with Gasteiger partial charge in [0.05, 0.1) is 24.9 Å². The number of thiophene rings is 1. The molecule has 3 rings (SSSR count). The second kappa shape index (κ2) is 11.0. The largest absolute Gasteiger partial charge is 0.464 e. The summed E-state index contributed by atoms with van der Waals surface area (Å²) in [4.78, 5) is 43.1. The average Bonchev–Trinajstić information content (AvgIpc) is 3.14. The monoisotopic (exact) mass is 456 g/mol. The zero-order valence-electron chi connectivity index (χ0n) is 18.6. The number of carbonyl (C=O) groups excluding carboxylic acids is 2. The number of hydrogen-bond donors (Lipinski definition) is 0. The van der Waals surface area contributed by atoms with Crippen LogP contribution < -0.4 is 5.56 Å². The average molecular weight is 457 g/mol. The maximum absolute atomic E-state index is 13.1. The third-order valence-corrected chi connectivity index (χ3v) is 6.46. The zero-order valence-corrected chi connectivity index (χ0v) is 19.4. The van der Waals surface area contributed by atoms with Crippen LogP contribution in [0, 0.1) is 6.92 Å². The molecule has 0 aliphatic heterocycles. The summed E-state index contributed by atoms with van der Waals surface area (Å²) in [6, 6.07) is 8.95. The molecule has 0 saturated heterocycles. The molecular formula is C24H28N2O5S. The molecule has 0 N–H and O–H groups in total. The van der Waals surface area contributed by atoms with Crippen LogP contribution in [-0.4, -0.2) is 34.7 Å². The van der Waals surface area contributed by atoms with Gasteiger partial charge in [0.1, 0.15) is 15.7 Å². The molecule has 3 aromatic rings. The first-order valence-electron chi connectivity index (χ1n) is 10.8. The minimum absolute atomic E-state index is 0.245. The van der Waals surface area contributed by atoms with Gasteiger partial charge in [-0.2, -0.15) is 0 Å². The SMILES string of the molecule is CCCCCOC(=O)C(C)n1cnc2sc(C(=O)OCCc3ccccc3)c(C)c2c1=O. The van der Waals surface area contributed by atoms with Gasteiger partial charge in [-0.25, -0.2) is 14.6 Å². The van der Waals surface area contributed by atoms with Gasteiger partial charge in [-0.1, -0.05) is 50.1 Å². The van der Waals surface area contributed by atoms with Crippen LogP contribution in [0.2, 0.25) is 0 Å². The number of ether oxygens (including phenoxy) is 2. The van der Waals surface area contributed by atoms with Gasteiger partial charge < -0.3 is 9.47 Å². The fraction of sp³-hybridized carbons (Fsp3) is 0.417. The molecule has 2 heterocycles. The molecule has 1 unspecified atom stereocenters. The lowest BCUT2D eigenvalue weighted by molar-refractivity contribution is -0.147. The van der Waals surface area contributed by atoms with Crippen molar-refractivity contribution in [1.82, 2.24) is 9.55 Å². The van der Waals surface area contributed by atoms with Crippen LogP contribution in [0.5, 0.6) is 0 Å². The normalized spacial score (nSPS) is 12.0. The fourth-order valence-electron chi connectivity index (χ4n) is 3.34. The number of rotatable bonds is 10. The molecule has 0 saturated carbocycles. The van der Waals surface area contributed by atoms with Crippen LogP contribution in [-0.2, 0) is 20.7 Å². The van der Waals surface area contributed by atoms with Gasteiger partial charge >= 0.3 is 11.9 Å². The molecule has 0 aliphatic rings. The lowest BCUT2D eigenvalue weighted by Crippen LogP contribution is -2.29. The fourth-order valence-corrected chi connectivity index (χ4v) is 4.37. The van der Waals surface area contributed by atoms with Gasteiger partial charge in [-0.3, -0.25) is 9.36 Å². The molecule has 0 radical (unpaired) electrons. The van der Waals surface area contributed by atoms with Gasteiger partial charge in [0.2, 0.25) is 0 Å². The van der Waals surface area contributed by atoms with Crippen molar-refractivity contribution in [1.29, 1.82) is 0 Å². The number of nitrogens with zero attached hydrogens (tertiary/aromatic N) is 2. The molecule has 0 aliphatic carbocycles. The number of carbonyl (C=O) groups is 2. The standard InChI is InChI=1S/C24H28N2O5S/c1-4-5-9-13-30-23(28)17(3)26-15-25-21-19(22(26)27)16(2)20(32-21)24(29)31-14-12-18-10-7-6-8-11-18/h6-8,10-11,15,17H,4-5,9,12-14H2,1-3H3. The zero-order chi connectivity index (χ0) is 23.1. The Morgan fingerprint density at radius 1 is 1.12 bits per heavy atom. The summed E-state index contributed by atoms with van der Waals surface area (Å²) in [5.74, 6) is -0.950. The van der Waals surface area contributed by atoms with Crippen LogP contribution >= 0.6 is 11.3 Å². The Hall–Kier alpha value is -3.00. The Labute approximate surface area is 191 Å². The maximum atomic E-state index is 13.1. The van der Waals surface area contributed by atoms with Crippen molar-refractivity contribution in [2.75, 3.05) is 13.2 Å². The van der Waals surface area contributed by atoms with Crippen molar-refractivity contribution in [3.05, 3.63) is 63.0 Å². The number of aromatic nitrogens is 2. The Bertz CT molecular complexity index is 1140. The van der Waals surface area contributed by atoms with E-state index in [4.69, 9.17) is 9.47 Å². The van der Waals surface area contributed by atoms with E-state index in [1.807, 2.05) is 30.3 Å². The molecular weight excluding hydrogens is 428 g/mol. The van der Waals surface area contributed by atoms with Gasteiger partial charge in [-0.05, 0) is 31.4 Å². The summed E-state index contributed by atoms with van der Waals surface area (Å²) in [7, 11) is 0. The summed E-state index contributed by atoms with van der Waals surface area (Å²) < 4.78 is 12.0. The van der Waals surface area contributed by atoms with E-state index in [0.29, 0.717) is 33.7 Å². The molecule has 8 heteroatoms.